The highest BCUT2D eigenvalue weighted by atomic mass is 32.2. The van der Waals surface area contributed by atoms with Crippen LogP contribution in [-0.2, 0) is 19.5 Å². The number of hydrogen-bond donors (Lipinski definition) is 0. The third-order valence-electron chi connectivity index (χ3n) is 3.76. The Morgan fingerprint density at radius 1 is 1.41 bits per heavy atom. The quantitative estimate of drug-likeness (QED) is 0.374. The number of thioether (sulfide) groups is 1. The molecule has 2 aromatic rings. The van der Waals surface area contributed by atoms with Crippen molar-refractivity contribution in [3.8, 4) is 0 Å². The van der Waals surface area contributed by atoms with E-state index in [1.165, 1.54) is 11.8 Å². The number of fused-ring (bicyclic) bond motifs is 1. The highest BCUT2D eigenvalue weighted by Crippen LogP contribution is 2.24. The minimum atomic E-state index is -0.318. The number of para-hydroxylation sites is 1. The van der Waals surface area contributed by atoms with Gasteiger partial charge in [-0.1, -0.05) is 30.0 Å². The lowest BCUT2D eigenvalue weighted by Crippen LogP contribution is -2.31. The molecule has 6 nitrogen and oxygen atoms in total. The molecule has 0 spiro atoms. The minimum Gasteiger partial charge on any atom is -0.294 e. The molecule has 0 unspecified atom stereocenters. The van der Waals surface area contributed by atoms with Crippen molar-refractivity contribution in [1.29, 1.82) is 0 Å². The van der Waals surface area contributed by atoms with E-state index in [0.29, 0.717) is 6.54 Å². The van der Waals surface area contributed by atoms with Crippen LogP contribution in [0.25, 0.3) is 0 Å². The lowest BCUT2D eigenvalue weighted by molar-refractivity contribution is -0.385. The topological polar surface area (TPSA) is 72.2 Å². The second kappa shape index (κ2) is 6.41. The van der Waals surface area contributed by atoms with Crippen LogP contribution in [0.5, 0.6) is 0 Å². The van der Waals surface area contributed by atoms with Crippen LogP contribution in [0.1, 0.15) is 16.8 Å². The molecule has 0 aliphatic carbocycles. The van der Waals surface area contributed by atoms with E-state index in [2.05, 4.69) is 14.9 Å². The van der Waals surface area contributed by atoms with Gasteiger partial charge in [-0.15, -0.1) is 0 Å². The maximum atomic E-state index is 11.1. The predicted molar refractivity (Wildman–Crippen MR) is 84.7 cm³/mol. The molecule has 1 aliphatic rings. The van der Waals surface area contributed by atoms with E-state index in [4.69, 9.17) is 0 Å². The molecule has 7 heteroatoms. The Morgan fingerprint density at radius 3 is 3.00 bits per heavy atom. The van der Waals surface area contributed by atoms with Gasteiger partial charge in [0.25, 0.3) is 5.69 Å². The van der Waals surface area contributed by atoms with E-state index in [9.17, 15) is 10.1 Å². The fourth-order valence-electron chi connectivity index (χ4n) is 2.65. The van der Waals surface area contributed by atoms with Crippen LogP contribution in [0, 0.1) is 10.1 Å². The third-order valence-corrected chi connectivity index (χ3v) is 4.32. The van der Waals surface area contributed by atoms with Gasteiger partial charge < -0.3 is 0 Å². The van der Waals surface area contributed by atoms with Crippen molar-refractivity contribution in [2.45, 2.75) is 24.7 Å². The summed E-state index contributed by atoms with van der Waals surface area (Å²) < 4.78 is 0. The Labute approximate surface area is 132 Å². The van der Waals surface area contributed by atoms with Crippen LogP contribution in [0.4, 0.5) is 5.69 Å². The lowest BCUT2D eigenvalue weighted by Gasteiger charge is -2.27. The van der Waals surface area contributed by atoms with Crippen LogP contribution in [-0.4, -0.2) is 32.6 Å². The van der Waals surface area contributed by atoms with Gasteiger partial charge in [0.2, 0.25) is 0 Å². The third kappa shape index (κ3) is 3.10. The summed E-state index contributed by atoms with van der Waals surface area (Å²) in [5, 5.41) is 11.9. The number of hydrogen-bond acceptors (Lipinski definition) is 6. The van der Waals surface area contributed by atoms with Gasteiger partial charge in [0.05, 0.1) is 10.6 Å². The molecule has 0 amide bonds. The number of nitro benzene ring substituents is 1. The van der Waals surface area contributed by atoms with Crippen LogP contribution in [0.3, 0.4) is 0 Å². The largest absolute Gasteiger partial charge is 0.294 e. The Kier molecular flexibility index (Phi) is 4.35. The monoisotopic (exact) mass is 316 g/mol. The van der Waals surface area contributed by atoms with Gasteiger partial charge in [-0.2, -0.15) is 0 Å². The molecule has 2 heterocycles. The maximum absolute atomic E-state index is 11.1. The fraction of sp³-hybridized carbons (Fsp3) is 0.333. The molecule has 1 aliphatic heterocycles. The van der Waals surface area contributed by atoms with Gasteiger partial charge in [0.1, 0.15) is 0 Å². The summed E-state index contributed by atoms with van der Waals surface area (Å²) in [6.45, 7) is 2.15. The summed E-state index contributed by atoms with van der Waals surface area (Å²) in [4.78, 5) is 21.8. The molecule has 0 fully saturated rings. The number of benzene rings is 1. The molecule has 0 saturated heterocycles. The molecule has 0 saturated carbocycles. The van der Waals surface area contributed by atoms with Gasteiger partial charge in [0, 0.05) is 49.4 Å². The van der Waals surface area contributed by atoms with E-state index >= 15 is 0 Å². The summed E-state index contributed by atoms with van der Waals surface area (Å²) in [6.07, 6.45) is 4.69. The van der Waals surface area contributed by atoms with Crippen LogP contribution >= 0.6 is 11.8 Å². The predicted octanol–water partition coefficient (Wildman–Crippen LogP) is 2.67. The SMILES string of the molecule is CSc1ncc2c(n1)CCN(Cc1ccccc1[N+](=O)[O-])C2. The van der Waals surface area contributed by atoms with E-state index in [1.54, 1.807) is 12.1 Å². The highest BCUT2D eigenvalue weighted by Gasteiger charge is 2.21. The molecule has 3 rings (SSSR count). The molecule has 0 bridgehead atoms. The lowest BCUT2D eigenvalue weighted by atomic mass is 10.1. The maximum Gasteiger partial charge on any atom is 0.273 e. The second-order valence-electron chi connectivity index (χ2n) is 5.18. The van der Waals surface area contributed by atoms with E-state index in [-0.39, 0.29) is 10.6 Å². The van der Waals surface area contributed by atoms with Crippen molar-refractivity contribution in [2.24, 2.45) is 0 Å². The molecule has 1 aromatic carbocycles. The zero-order valence-corrected chi connectivity index (χ0v) is 13.0. The van der Waals surface area contributed by atoms with E-state index in [1.807, 2.05) is 24.6 Å². The van der Waals surface area contributed by atoms with Gasteiger partial charge in [-0.25, -0.2) is 9.97 Å². The first kappa shape index (κ1) is 14.9. The first-order chi connectivity index (χ1) is 10.7. The molecule has 0 N–H and O–H groups in total. The second-order valence-corrected chi connectivity index (χ2v) is 5.95. The Bertz CT molecular complexity index is 708. The zero-order valence-electron chi connectivity index (χ0n) is 12.2. The van der Waals surface area contributed by atoms with Crippen molar-refractivity contribution in [1.82, 2.24) is 14.9 Å². The molecule has 0 atom stereocenters. The Morgan fingerprint density at radius 2 is 2.23 bits per heavy atom. The smallest absolute Gasteiger partial charge is 0.273 e. The first-order valence-corrected chi connectivity index (χ1v) is 8.23. The van der Waals surface area contributed by atoms with Crippen molar-refractivity contribution < 1.29 is 4.92 Å². The number of nitro groups is 1. The van der Waals surface area contributed by atoms with Gasteiger partial charge in [-0.3, -0.25) is 15.0 Å². The standard InChI is InChI=1S/C15H16N4O2S/c1-22-15-16-8-12-10-18(7-6-13(12)17-15)9-11-4-2-3-5-14(11)19(20)21/h2-5,8H,6-7,9-10H2,1H3. The molecular formula is C15H16N4O2S. The Hall–Kier alpha value is -1.99. The average Bonchev–Trinajstić information content (AvgIpc) is 2.54. The van der Waals surface area contributed by atoms with E-state index in [0.717, 1.165) is 41.5 Å². The summed E-state index contributed by atoms with van der Waals surface area (Å²) in [6, 6.07) is 6.92. The normalized spacial score (nSPS) is 14.6. The Balaban J connectivity index is 1.77. The van der Waals surface area contributed by atoms with Crippen molar-refractivity contribution in [2.75, 3.05) is 12.8 Å². The number of rotatable bonds is 4. The number of aromatic nitrogens is 2. The van der Waals surface area contributed by atoms with E-state index < -0.39 is 0 Å². The minimum absolute atomic E-state index is 0.183. The van der Waals surface area contributed by atoms with Crippen molar-refractivity contribution in [3.05, 3.63) is 57.4 Å². The van der Waals surface area contributed by atoms with Gasteiger partial charge >= 0.3 is 0 Å². The van der Waals surface area contributed by atoms with Gasteiger partial charge in [0.15, 0.2) is 5.16 Å². The first-order valence-electron chi connectivity index (χ1n) is 7.01. The highest BCUT2D eigenvalue weighted by molar-refractivity contribution is 7.98. The van der Waals surface area contributed by atoms with Crippen molar-refractivity contribution in [3.63, 3.8) is 0 Å². The molecule has 0 radical (unpaired) electrons. The molecule has 22 heavy (non-hydrogen) atoms. The van der Waals surface area contributed by atoms with Crippen molar-refractivity contribution >= 4 is 17.4 Å². The average molecular weight is 316 g/mol. The van der Waals surface area contributed by atoms with Crippen LogP contribution in [0.2, 0.25) is 0 Å². The van der Waals surface area contributed by atoms with Gasteiger partial charge in [-0.05, 0) is 6.26 Å². The summed E-state index contributed by atoms with van der Waals surface area (Å²) in [5.74, 6) is 0. The zero-order chi connectivity index (χ0) is 15.5. The fourth-order valence-corrected chi connectivity index (χ4v) is 3.01. The summed E-state index contributed by atoms with van der Waals surface area (Å²) in [7, 11) is 0. The number of nitrogens with zero attached hydrogens (tertiary/aromatic N) is 4. The molecule has 1 aromatic heterocycles. The summed E-state index contributed by atoms with van der Waals surface area (Å²) in [5.41, 5.74) is 3.14. The van der Waals surface area contributed by atoms with Crippen LogP contribution in [0.15, 0.2) is 35.6 Å². The molecular weight excluding hydrogens is 300 g/mol. The summed E-state index contributed by atoms with van der Waals surface area (Å²) >= 11 is 1.54. The molecule has 114 valence electrons. The van der Waals surface area contributed by atoms with Crippen LogP contribution < -0.4 is 0 Å².